The van der Waals surface area contributed by atoms with Gasteiger partial charge in [-0.15, -0.1) is 0 Å². The van der Waals surface area contributed by atoms with Crippen LogP contribution >= 0.6 is 11.8 Å². The maximum absolute atomic E-state index is 12.3. The summed E-state index contributed by atoms with van der Waals surface area (Å²) in [4.78, 5) is 14.2. The summed E-state index contributed by atoms with van der Waals surface area (Å²) in [6.07, 6.45) is 3.11. The molecule has 1 saturated heterocycles. The summed E-state index contributed by atoms with van der Waals surface area (Å²) < 4.78 is 0. The smallest absolute Gasteiger partial charge is 0.253 e. The van der Waals surface area contributed by atoms with Crippen molar-refractivity contribution in [1.29, 1.82) is 0 Å². The van der Waals surface area contributed by atoms with E-state index in [2.05, 4.69) is 6.26 Å². The van der Waals surface area contributed by atoms with Gasteiger partial charge in [0.25, 0.3) is 5.91 Å². The molecule has 98 valence electrons. The van der Waals surface area contributed by atoms with E-state index in [0.29, 0.717) is 12.5 Å². The Morgan fingerprint density at radius 1 is 1.44 bits per heavy atom. The van der Waals surface area contributed by atoms with Gasteiger partial charge in [-0.05, 0) is 42.8 Å². The Balaban J connectivity index is 2.00. The lowest BCUT2D eigenvalue weighted by Gasteiger charge is -2.16. The van der Waals surface area contributed by atoms with Crippen LogP contribution in [0.15, 0.2) is 24.3 Å². The number of benzene rings is 1. The number of hydrogen-bond donors (Lipinski definition) is 1. The van der Waals surface area contributed by atoms with Crippen LogP contribution in [0.25, 0.3) is 0 Å². The van der Waals surface area contributed by atoms with Crippen molar-refractivity contribution in [3.8, 4) is 0 Å². The van der Waals surface area contributed by atoms with Crippen LogP contribution in [-0.4, -0.2) is 36.7 Å². The molecule has 18 heavy (non-hydrogen) atoms. The number of nitrogens with zero attached hydrogens (tertiary/aromatic N) is 1. The molecule has 0 saturated carbocycles. The summed E-state index contributed by atoms with van der Waals surface area (Å²) in [5.74, 6) is 1.61. The molecule has 3 nitrogen and oxygen atoms in total. The zero-order chi connectivity index (χ0) is 13.0. The van der Waals surface area contributed by atoms with E-state index in [0.717, 1.165) is 30.8 Å². The number of carbonyl (C=O) groups excluding carboxylic acids is 1. The fraction of sp³-hybridized carbons (Fsp3) is 0.500. The third kappa shape index (κ3) is 3.06. The summed E-state index contributed by atoms with van der Waals surface area (Å²) in [6.45, 7) is 2.33. The van der Waals surface area contributed by atoms with Gasteiger partial charge in [0, 0.05) is 24.4 Å². The maximum Gasteiger partial charge on any atom is 0.253 e. The molecule has 4 heteroatoms. The van der Waals surface area contributed by atoms with Crippen molar-refractivity contribution >= 4 is 17.7 Å². The fourth-order valence-corrected chi connectivity index (χ4v) is 2.83. The second kappa shape index (κ2) is 6.25. The molecule has 0 spiro atoms. The summed E-state index contributed by atoms with van der Waals surface area (Å²) in [6, 6.07) is 7.95. The lowest BCUT2D eigenvalue weighted by Crippen LogP contribution is -2.29. The highest BCUT2D eigenvalue weighted by Crippen LogP contribution is 2.18. The molecule has 0 bridgehead atoms. The first kappa shape index (κ1) is 13.4. The topological polar surface area (TPSA) is 46.3 Å². The summed E-state index contributed by atoms with van der Waals surface area (Å²) in [5.41, 5.74) is 7.70. The van der Waals surface area contributed by atoms with Crippen LogP contribution in [0.1, 0.15) is 22.3 Å². The van der Waals surface area contributed by atoms with E-state index >= 15 is 0 Å². The van der Waals surface area contributed by atoms with Crippen LogP contribution in [0.5, 0.6) is 0 Å². The highest BCUT2D eigenvalue weighted by atomic mass is 32.2. The molecule has 1 atom stereocenters. The van der Waals surface area contributed by atoms with Crippen molar-refractivity contribution in [3.05, 3.63) is 35.4 Å². The molecular weight excluding hydrogens is 244 g/mol. The first-order valence-electron chi connectivity index (χ1n) is 6.32. The van der Waals surface area contributed by atoms with Gasteiger partial charge < -0.3 is 10.6 Å². The standard InChI is InChI=1S/C14H20N2OS/c1-18-10-11-2-4-13(5-3-11)14(17)16-7-6-12(8-15)9-16/h2-5,12H,6-10,15H2,1H3/t12-/m0/s1. The monoisotopic (exact) mass is 264 g/mol. The van der Waals surface area contributed by atoms with Crippen molar-refractivity contribution in [3.63, 3.8) is 0 Å². The minimum atomic E-state index is 0.140. The summed E-state index contributed by atoms with van der Waals surface area (Å²) >= 11 is 1.79. The van der Waals surface area contributed by atoms with Crippen LogP contribution in [0, 0.1) is 5.92 Å². The molecule has 1 fully saturated rings. The molecule has 1 aliphatic heterocycles. The second-order valence-corrected chi connectivity index (χ2v) is 5.64. The van der Waals surface area contributed by atoms with E-state index in [4.69, 9.17) is 5.73 Å². The van der Waals surface area contributed by atoms with Gasteiger partial charge in [0.2, 0.25) is 0 Å². The molecule has 2 rings (SSSR count). The first-order chi connectivity index (χ1) is 8.74. The minimum Gasteiger partial charge on any atom is -0.338 e. The molecule has 1 heterocycles. The first-order valence-corrected chi connectivity index (χ1v) is 7.71. The normalized spacial score (nSPS) is 19.2. The van der Waals surface area contributed by atoms with E-state index in [1.165, 1.54) is 5.56 Å². The molecule has 1 amide bonds. The predicted octanol–water partition coefficient (Wildman–Crippen LogP) is 1.97. The molecular formula is C14H20N2OS. The third-order valence-corrected chi connectivity index (χ3v) is 4.04. The van der Waals surface area contributed by atoms with Gasteiger partial charge in [-0.3, -0.25) is 4.79 Å². The van der Waals surface area contributed by atoms with Crippen LogP contribution in [0.3, 0.4) is 0 Å². The summed E-state index contributed by atoms with van der Waals surface area (Å²) in [5, 5.41) is 0. The number of nitrogens with two attached hydrogens (primary N) is 1. The summed E-state index contributed by atoms with van der Waals surface area (Å²) in [7, 11) is 0. The zero-order valence-corrected chi connectivity index (χ0v) is 11.6. The molecule has 0 radical (unpaired) electrons. The van der Waals surface area contributed by atoms with Crippen molar-refractivity contribution in [2.75, 3.05) is 25.9 Å². The Morgan fingerprint density at radius 2 is 2.17 bits per heavy atom. The van der Waals surface area contributed by atoms with Gasteiger partial charge in [0.1, 0.15) is 0 Å². The average Bonchev–Trinajstić information content (AvgIpc) is 2.88. The van der Waals surface area contributed by atoms with Crippen LogP contribution in [-0.2, 0) is 5.75 Å². The van der Waals surface area contributed by atoms with Crippen LogP contribution in [0.2, 0.25) is 0 Å². The maximum atomic E-state index is 12.3. The lowest BCUT2D eigenvalue weighted by molar-refractivity contribution is 0.0787. The highest BCUT2D eigenvalue weighted by molar-refractivity contribution is 7.97. The fourth-order valence-electron chi connectivity index (χ4n) is 2.30. The number of likely N-dealkylation sites (tertiary alicyclic amines) is 1. The zero-order valence-electron chi connectivity index (χ0n) is 10.8. The van der Waals surface area contributed by atoms with Crippen LogP contribution < -0.4 is 5.73 Å². The second-order valence-electron chi connectivity index (χ2n) is 4.77. The van der Waals surface area contributed by atoms with E-state index in [9.17, 15) is 4.79 Å². The number of thioether (sulfide) groups is 1. The highest BCUT2D eigenvalue weighted by Gasteiger charge is 2.25. The SMILES string of the molecule is CSCc1ccc(C(=O)N2CC[C@@H](CN)C2)cc1. The van der Waals surface area contributed by atoms with Gasteiger partial charge in [-0.25, -0.2) is 0 Å². The van der Waals surface area contributed by atoms with E-state index in [1.807, 2.05) is 29.2 Å². The van der Waals surface area contributed by atoms with Crippen molar-refractivity contribution in [1.82, 2.24) is 4.90 Å². The van der Waals surface area contributed by atoms with E-state index in [-0.39, 0.29) is 5.91 Å². The van der Waals surface area contributed by atoms with Crippen molar-refractivity contribution in [2.45, 2.75) is 12.2 Å². The Hall–Kier alpha value is -1.00. The number of rotatable bonds is 4. The molecule has 1 aromatic rings. The van der Waals surface area contributed by atoms with Gasteiger partial charge in [0.15, 0.2) is 0 Å². The molecule has 0 aromatic heterocycles. The quantitative estimate of drug-likeness (QED) is 0.904. The van der Waals surface area contributed by atoms with Gasteiger partial charge >= 0.3 is 0 Å². The van der Waals surface area contributed by atoms with E-state index in [1.54, 1.807) is 11.8 Å². The largest absolute Gasteiger partial charge is 0.338 e. The average molecular weight is 264 g/mol. The van der Waals surface area contributed by atoms with Crippen molar-refractivity contribution in [2.24, 2.45) is 11.7 Å². The Bertz CT molecular complexity index is 405. The number of carbonyl (C=O) groups is 1. The van der Waals surface area contributed by atoms with E-state index < -0.39 is 0 Å². The van der Waals surface area contributed by atoms with Crippen LogP contribution in [0.4, 0.5) is 0 Å². The third-order valence-electron chi connectivity index (χ3n) is 3.42. The minimum absolute atomic E-state index is 0.140. The molecule has 0 unspecified atom stereocenters. The van der Waals surface area contributed by atoms with Gasteiger partial charge in [-0.1, -0.05) is 12.1 Å². The van der Waals surface area contributed by atoms with Gasteiger partial charge in [-0.2, -0.15) is 11.8 Å². The predicted molar refractivity (Wildman–Crippen MR) is 76.7 cm³/mol. The Morgan fingerprint density at radius 3 is 2.72 bits per heavy atom. The molecule has 1 aliphatic rings. The lowest BCUT2D eigenvalue weighted by atomic mass is 10.1. The van der Waals surface area contributed by atoms with Gasteiger partial charge in [0.05, 0.1) is 0 Å². The van der Waals surface area contributed by atoms with Crippen molar-refractivity contribution < 1.29 is 4.79 Å². The molecule has 2 N–H and O–H groups in total. The Labute approximate surface area is 113 Å². The molecule has 1 aromatic carbocycles. The number of amides is 1. The number of hydrogen-bond acceptors (Lipinski definition) is 3. The molecule has 0 aliphatic carbocycles. The Kier molecular flexibility index (Phi) is 4.66.